The van der Waals surface area contributed by atoms with E-state index < -0.39 is 251 Å². The molecule has 0 spiro atoms. The molecule has 18 atom stereocenters. The Bertz CT molecular complexity index is 5840. The van der Waals surface area contributed by atoms with E-state index in [1.807, 2.05) is 4.90 Å². The molecule has 5 fully saturated rings. The summed E-state index contributed by atoms with van der Waals surface area (Å²) in [6, 6.07) is 7.43. The van der Waals surface area contributed by atoms with Crippen LogP contribution in [-0.4, -0.2) is 282 Å². The number of benzene rings is 7. The topological polar surface area (TPSA) is 571 Å². The first-order valence-electron chi connectivity index (χ1n) is 48.8. The fourth-order valence-corrected chi connectivity index (χ4v) is 24.5. The number of ether oxygens (including phenoxy) is 7. The Morgan fingerprint density at radius 3 is 1.78 bits per heavy atom. The van der Waals surface area contributed by atoms with Gasteiger partial charge in [0.05, 0.1) is 16.7 Å². The number of carbonyl (C=O) groups is 9. The van der Waals surface area contributed by atoms with Gasteiger partial charge in [0.15, 0.2) is 29.1 Å². The molecule has 0 aromatic heterocycles. The van der Waals surface area contributed by atoms with Crippen molar-refractivity contribution in [2.24, 2.45) is 0 Å². The van der Waals surface area contributed by atoms with Crippen LogP contribution in [0.25, 0.3) is 11.1 Å². The van der Waals surface area contributed by atoms with Crippen LogP contribution < -0.4 is 76.1 Å². The highest BCUT2D eigenvalue weighted by molar-refractivity contribution is 7.64. The fourth-order valence-electron chi connectivity index (χ4n) is 19.7. The van der Waals surface area contributed by atoms with Gasteiger partial charge in [-0.3, -0.25) is 42.9 Å². The van der Waals surface area contributed by atoms with Crippen molar-refractivity contribution in [3.63, 3.8) is 0 Å². The Hall–Kier alpha value is -11.6. The standard InChI is InChI=1S/C100H122Cl2N13O28P/c1-5-6-7-8-9-10-11-12-13-21-73(120)106-82-85(123)87(125)90(98(134)135)142-99(82)141-89-70-44-55-45-71(89)138-66-31-26-54(42-62(66)101)83(121)81-97(133)110-79(92(128)104-32-20-33-112(3)4)60-46-56(117)47-68(139-100-88(126)86(124)84(122)72(50-116)140-100)74(60)59-41-52(24-29-64(59)118)77(94(130)111-81)107-95(131)78(55)108-96(132)80-61-48-58(49-69(75(61)102)143-144(113-34-14-15-35-113,114-36-16-17-37-114)115-38-18-19-39-115)137-67-43-53(25-30-65(67)119)76(103-2)93(129)105-63(91(127)109-80)40-51-22-27-57(136-70)28-23-51/h22-31,41-49,63,72,76-88,90,99-100,103,116,121-126H,5-21,32-40,50H2,1-4H3,(H11-,104,105,106,107,108,109,110,111,117,118,119,120,127,128,129,130,131,132,133,134,135)/p+1/t63-,72-,76+,77-,78-,79-,80+,81+,82-,83-,84-,85-,86+,87+,88+,90+,99-,100+/m1/s1. The maximum Gasteiger partial charge on any atom is 0.417 e. The number of aliphatic carboxylic acids is 1. The molecule has 8 amide bonds. The lowest BCUT2D eigenvalue weighted by atomic mass is 9.89. The van der Waals surface area contributed by atoms with Crippen molar-refractivity contribution in [1.82, 2.24) is 66.8 Å². The summed E-state index contributed by atoms with van der Waals surface area (Å²) in [6.45, 7) is 5.16. The summed E-state index contributed by atoms with van der Waals surface area (Å²) in [5, 5.41) is 153. The van der Waals surface area contributed by atoms with Crippen LogP contribution in [0, 0.1) is 0 Å². The third-order valence-corrected chi connectivity index (χ3v) is 31.9. The lowest BCUT2D eigenvalue weighted by Crippen LogP contribution is -2.66. The molecule has 5 saturated heterocycles. The number of aliphatic hydroxyl groups is 7. The molecular weight excluding hydrogens is 1930 g/mol. The SMILES string of the molecule is CCCCCCCCCCCC(=O)N[C@H]1[C@H](Oc2c3cc4cc2Oc2ccc(cc2Cl)[C@@H](O)[C@@H]2NC(=O)[C@H](NC(=O)[C@@H]4NC(=O)[C@H]4NC(=O)[C@@H](Cc5ccc(cc5)O3)NC(=O)[C@@H](NC)c3ccc(O)c(c3)Oc3cc(O[P+](N5CCCC5)(N5CCCC5)N5CCCC5)c(Cl)c4c3)c3ccc(O)c(c3)-c3c(O[C@H]4O[C@H](CO)[C@@H](O)[C@H](O)[C@@H]4O)cc(O)cc3[C@H](C(=O)NCCCN(C)C)NC2=O)O[C@H](C(=O)O)[C@@H](O)[C@@H]1O. The van der Waals surface area contributed by atoms with Crippen molar-refractivity contribution in [3.05, 3.63) is 164 Å². The van der Waals surface area contributed by atoms with Gasteiger partial charge in [-0.1, -0.05) is 112 Å². The minimum atomic E-state index is -3.22. The van der Waals surface area contributed by atoms with Gasteiger partial charge in [0.1, 0.15) is 126 Å². The molecule has 11 aliphatic heterocycles. The van der Waals surface area contributed by atoms with Crippen LogP contribution in [0.2, 0.25) is 10.0 Å². The summed E-state index contributed by atoms with van der Waals surface area (Å²) >= 11 is 15.5. The second-order valence-corrected chi connectivity index (χ2v) is 41.5. The van der Waals surface area contributed by atoms with E-state index in [-0.39, 0.29) is 69.7 Å². The normalized spacial score (nSPS) is 26.4. The van der Waals surface area contributed by atoms with E-state index in [1.165, 1.54) is 73.8 Å². The highest BCUT2D eigenvalue weighted by Gasteiger charge is 2.63. The minimum Gasteiger partial charge on any atom is -0.508 e. The zero-order valence-corrected chi connectivity index (χ0v) is 82.2. The zero-order chi connectivity index (χ0) is 102. The lowest BCUT2D eigenvalue weighted by Gasteiger charge is -2.41. The number of carbonyl (C=O) groups excluding carboxylic acids is 8. The second kappa shape index (κ2) is 46.4. The third kappa shape index (κ3) is 23.1. The Morgan fingerprint density at radius 2 is 1.14 bits per heavy atom. The molecule has 0 radical (unpaired) electrons. The summed E-state index contributed by atoms with van der Waals surface area (Å²) in [5.74, 6) is -16.4. The van der Waals surface area contributed by atoms with Gasteiger partial charge in [-0.2, -0.15) is 0 Å². The number of aromatic hydroxyl groups is 3. The monoisotopic (exact) mass is 2050 g/mol. The van der Waals surface area contributed by atoms with Crippen LogP contribution in [-0.2, 0) is 59.0 Å². The number of rotatable bonds is 28. The Labute approximate surface area is 840 Å². The molecule has 41 nitrogen and oxygen atoms in total. The molecule has 11 aliphatic rings. The number of fused-ring (bicyclic) bond motifs is 14. The predicted octanol–water partition coefficient (Wildman–Crippen LogP) is 6.95. The number of carboxylic acid groups (broad SMARTS) is 1. The molecule has 18 rings (SSSR count). The van der Waals surface area contributed by atoms with Gasteiger partial charge in [-0.25, -0.2) is 4.79 Å². The quantitative estimate of drug-likeness (QED) is 0.0174. The summed E-state index contributed by atoms with van der Waals surface area (Å²) in [6.07, 6.45) is -8.57. The molecule has 774 valence electrons. The van der Waals surface area contributed by atoms with Gasteiger partial charge in [-0.15, -0.1) is 14.0 Å². The molecule has 0 unspecified atom stereocenters. The Kier molecular flexibility index (Phi) is 33.9. The number of aliphatic hydroxyl groups excluding tert-OH is 7. The average Bonchev–Trinajstić information content (AvgIpc) is 1.71. The van der Waals surface area contributed by atoms with Gasteiger partial charge in [-0.05, 0) is 185 Å². The van der Waals surface area contributed by atoms with Crippen molar-refractivity contribution < 1.29 is 137 Å². The maximum atomic E-state index is 17.4. The van der Waals surface area contributed by atoms with Gasteiger partial charge < -0.3 is 142 Å². The number of phenolic OH excluding ortho intramolecular Hbond substituents is 3. The van der Waals surface area contributed by atoms with E-state index in [4.69, 9.17) is 60.9 Å². The van der Waals surface area contributed by atoms with Crippen molar-refractivity contribution >= 4 is 84.4 Å². The number of nitrogens with zero attached hydrogens (tertiary/aromatic N) is 4. The fraction of sp³-hybridized carbons (Fsp3) is 0.490. The maximum absolute atomic E-state index is 17.4. The molecule has 20 N–H and O–H groups in total. The summed E-state index contributed by atoms with van der Waals surface area (Å²) in [5.41, 5.74) is -2.25. The highest BCUT2D eigenvalue weighted by Crippen LogP contribution is 2.71. The molecule has 0 aliphatic carbocycles. The molecule has 144 heavy (non-hydrogen) atoms. The van der Waals surface area contributed by atoms with E-state index in [0.29, 0.717) is 70.6 Å². The van der Waals surface area contributed by atoms with Gasteiger partial charge in [0.25, 0.3) is 0 Å². The number of hydrogen-bond acceptors (Lipinski definition) is 32. The van der Waals surface area contributed by atoms with E-state index in [1.54, 1.807) is 14.1 Å². The third-order valence-electron chi connectivity index (χ3n) is 27.4. The van der Waals surface area contributed by atoms with E-state index >= 15 is 33.6 Å². The molecule has 7 aromatic rings. The molecule has 44 heteroatoms. The van der Waals surface area contributed by atoms with Crippen LogP contribution in [0.5, 0.6) is 69.0 Å². The van der Waals surface area contributed by atoms with Crippen molar-refractivity contribution in [2.75, 3.05) is 80.1 Å². The number of unbranched alkanes of at least 4 members (excludes halogenated alkanes) is 8. The summed E-state index contributed by atoms with van der Waals surface area (Å²) < 4.78 is 60.6. The van der Waals surface area contributed by atoms with Crippen LogP contribution in [0.1, 0.15) is 191 Å². The Morgan fingerprint density at radius 1 is 0.535 bits per heavy atom. The molecular formula is C100H123Cl2N13O28P+. The number of carboxylic acids is 1. The van der Waals surface area contributed by atoms with Crippen LogP contribution in [0.4, 0.5) is 0 Å². The Balaban J connectivity index is 0.930. The van der Waals surface area contributed by atoms with Crippen LogP contribution in [0.3, 0.4) is 0 Å². The smallest absolute Gasteiger partial charge is 0.417 e. The number of phenols is 3. The average molecular weight is 2060 g/mol. The van der Waals surface area contributed by atoms with Crippen LogP contribution >= 0.6 is 31.1 Å². The van der Waals surface area contributed by atoms with Gasteiger partial charge in [0, 0.05) is 87.5 Å². The number of likely N-dealkylation sites (N-methyl/N-ethyl adjacent to an activating group) is 1. The number of halogens is 2. The number of hydrogen-bond donors (Lipinski definition) is 20. The summed E-state index contributed by atoms with van der Waals surface area (Å²) in [4.78, 5) is 144. The first-order valence-corrected chi connectivity index (χ1v) is 51.1. The first kappa shape index (κ1) is 105. The van der Waals surface area contributed by atoms with Crippen LogP contribution in [0.15, 0.2) is 115 Å². The van der Waals surface area contributed by atoms with Crippen molar-refractivity contribution in [3.8, 4) is 80.1 Å². The molecule has 0 saturated carbocycles. The molecule has 17 bridgehead atoms. The molecule has 11 heterocycles. The van der Waals surface area contributed by atoms with Crippen molar-refractivity contribution in [2.45, 2.75) is 232 Å². The minimum absolute atomic E-state index is 0.0778. The number of nitrogens with one attached hydrogen (secondary N) is 9. The van der Waals surface area contributed by atoms with E-state index in [2.05, 4.69) is 68.8 Å². The van der Waals surface area contributed by atoms with E-state index in [0.717, 1.165) is 132 Å². The summed E-state index contributed by atoms with van der Waals surface area (Å²) in [7, 11) is 1.82. The van der Waals surface area contributed by atoms with E-state index in [9.17, 15) is 65.8 Å². The van der Waals surface area contributed by atoms with Gasteiger partial charge >= 0.3 is 13.9 Å². The largest absolute Gasteiger partial charge is 0.508 e. The first-order chi connectivity index (χ1) is 69.2. The van der Waals surface area contributed by atoms with Crippen molar-refractivity contribution in [1.29, 1.82) is 0 Å². The lowest BCUT2D eigenvalue weighted by molar-refractivity contribution is -0.277. The highest BCUT2D eigenvalue weighted by atomic mass is 35.5. The number of amides is 8. The second-order valence-electron chi connectivity index (χ2n) is 37.8. The zero-order valence-electron chi connectivity index (χ0n) is 79.8. The van der Waals surface area contributed by atoms with Gasteiger partial charge in [0.2, 0.25) is 71.3 Å². The molecule has 7 aromatic carbocycles. The predicted molar refractivity (Wildman–Crippen MR) is 520 cm³/mol.